The Kier molecular flexibility index (Phi) is 5.87. The van der Waals surface area contributed by atoms with Crippen LogP contribution in [0.4, 0.5) is 0 Å². The van der Waals surface area contributed by atoms with Gasteiger partial charge < -0.3 is 5.11 Å². The molecule has 0 amide bonds. The zero-order valence-electron chi connectivity index (χ0n) is 11.9. The summed E-state index contributed by atoms with van der Waals surface area (Å²) in [7, 11) is 0. The van der Waals surface area contributed by atoms with Gasteiger partial charge in [0.15, 0.2) is 0 Å². The maximum atomic E-state index is 13.6. The van der Waals surface area contributed by atoms with E-state index in [4.69, 9.17) is 0 Å². The van der Waals surface area contributed by atoms with Crippen LogP contribution in [0.3, 0.4) is 0 Å². The van der Waals surface area contributed by atoms with E-state index >= 15 is 0 Å². The van der Waals surface area contributed by atoms with Gasteiger partial charge in [0.2, 0.25) is 0 Å². The number of aromatic nitrogens is 1. The van der Waals surface area contributed by atoms with Gasteiger partial charge in [-0.15, -0.1) is 0 Å². The first-order valence-electron chi connectivity index (χ1n) is 6.55. The summed E-state index contributed by atoms with van der Waals surface area (Å²) in [5, 5.41) is 13.6. The number of rotatable bonds is 3. The van der Waals surface area contributed by atoms with E-state index in [0.717, 1.165) is 0 Å². The average molecular weight is 299 g/mol. The first kappa shape index (κ1) is 16.6. The SMILES string of the molecule is [K+].[O-]C(c1ccccc1)(c1ccccc1)c1ccccn1. The second kappa shape index (κ2) is 7.45. The van der Waals surface area contributed by atoms with Crippen LogP contribution in [0.5, 0.6) is 0 Å². The predicted molar refractivity (Wildman–Crippen MR) is 77.0 cm³/mol. The van der Waals surface area contributed by atoms with Crippen molar-refractivity contribution < 1.29 is 56.5 Å². The van der Waals surface area contributed by atoms with Crippen LogP contribution in [0.25, 0.3) is 0 Å². The van der Waals surface area contributed by atoms with Crippen LogP contribution in [0, 0.1) is 0 Å². The van der Waals surface area contributed by atoms with Crippen molar-refractivity contribution in [2.24, 2.45) is 0 Å². The smallest absolute Gasteiger partial charge is 0.838 e. The molecule has 0 saturated carbocycles. The average Bonchev–Trinajstić information content (AvgIpc) is 2.56. The molecule has 21 heavy (non-hydrogen) atoms. The van der Waals surface area contributed by atoms with Crippen molar-refractivity contribution in [2.75, 3.05) is 0 Å². The van der Waals surface area contributed by atoms with Crippen LogP contribution < -0.4 is 56.5 Å². The molecule has 98 valence electrons. The molecule has 3 rings (SSSR count). The minimum atomic E-state index is -1.48. The fourth-order valence-electron chi connectivity index (χ4n) is 2.38. The molecule has 1 heterocycles. The van der Waals surface area contributed by atoms with Crippen LogP contribution in [0.1, 0.15) is 16.8 Å². The molecule has 3 aromatic rings. The van der Waals surface area contributed by atoms with E-state index in [1.807, 2.05) is 72.8 Å². The molecule has 0 bridgehead atoms. The standard InChI is InChI=1S/C18H14NO.K/c20-18(15-9-3-1-4-10-15,16-11-5-2-6-12-16)17-13-7-8-14-19-17;/h1-14H;/q-1;+1. The zero-order chi connectivity index (χ0) is 13.8. The number of pyridine rings is 1. The van der Waals surface area contributed by atoms with E-state index < -0.39 is 5.60 Å². The van der Waals surface area contributed by atoms with Crippen molar-refractivity contribution in [3.8, 4) is 0 Å². The van der Waals surface area contributed by atoms with Gasteiger partial charge in [-0.25, -0.2) is 0 Å². The molecular weight excluding hydrogens is 285 g/mol. The molecule has 0 aliphatic rings. The topological polar surface area (TPSA) is 36.0 Å². The van der Waals surface area contributed by atoms with Crippen LogP contribution in [0.15, 0.2) is 85.1 Å². The van der Waals surface area contributed by atoms with Gasteiger partial charge in [0.05, 0.1) is 0 Å². The summed E-state index contributed by atoms with van der Waals surface area (Å²) in [4.78, 5) is 4.29. The number of hydrogen-bond donors (Lipinski definition) is 0. The first-order chi connectivity index (χ1) is 9.82. The normalized spacial score (nSPS) is 10.7. The van der Waals surface area contributed by atoms with Crippen molar-refractivity contribution in [1.82, 2.24) is 4.98 Å². The van der Waals surface area contributed by atoms with Crippen molar-refractivity contribution in [1.29, 1.82) is 0 Å². The molecule has 3 heteroatoms. The van der Waals surface area contributed by atoms with Crippen molar-refractivity contribution in [3.63, 3.8) is 0 Å². The summed E-state index contributed by atoms with van der Waals surface area (Å²) < 4.78 is 0. The Bertz CT molecular complexity index is 575. The Balaban J connectivity index is 0.00000161. The summed E-state index contributed by atoms with van der Waals surface area (Å²) >= 11 is 0. The monoisotopic (exact) mass is 299 g/mol. The van der Waals surface area contributed by atoms with Gasteiger partial charge in [0, 0.05) is 11.9 Å². The summed E-state index contributed by atoms with van der Waals surface area (Å²) in [5.74, 6) is 0. The molecule has 0 fully saturated rings. The molecule has 0 saturated heterocycles. The Hall–Kier alpha value is -0.814. The molecule has 0 spiro atoms. The van der Waals surface area contributed by atoms with Crippen LogP contribution >= 0.6 is 0 Å². The van der Waals surface area contributed by atoms with Crippen molar-refractivity contribution >= 4 is 0 Å². The summed E-state index contributed by atoms with van der Waals surface area (Å²) in [5.41, 5.74) is 0.427. The third-order valence-electron chi connectivity index (χ3n) is 3.39. The van der Waals surface area contributed by atoms with Crippen LogP contribution in [0.2, 0.25) is 0 Å². The maximum Gasteiger partial charge on any atom is 1.00 e. The van der Waals surface area contributed by atoms with Crippen molar-refractivity contribution in [2.45, 2.75) is 5.60 Å². The minimum absolute atomic E-state index is 0. The molecule has 0 aliphatic heterocycles. The molecule has 0 aliphatic carbocycles. The molecule has 0 unspecified atom stereocenters. The molecule has 0 N–H and O–H groups in total. The zero-order valence-corrected chi connectivity index (χ0v) is 15.1. The summed E-state index contributed by atoms with van der Waals surface area (Å²) in [6.07, 6.45) is 1.66. The third-order valence-corrected chi connectivity index (χ3v) is 3.39. The summed E-state index contributed by atoms with van der Waals surface area (Å²) in [6, 6.07) is 24.2. The van der Waals surface area contributed by atoms with E-state index in [-0.39, 0.29) is 51.4 Å². The third kappa shape index (κ3) is 3.34. The molecule has 0 atom stereocenters. The van der Waals surface area contributed by atoms with Gasteiger partial charge in [0.25, 0.3) is 0 Å². The molecular formula is C18H14KNO. The fraction of sp³-hybridized carbons (Fsp3) is 0.0556. The Labute approximate surface area is 167 Å². The van der Waals surface area contributed by atoms with E-state index in [1.165, 1.54) is 0 Å². The molecule has 0 radical (unpaired) electrons. The first-order valence-corrected chi connectivity index (χ1v) is 6.55. The summed E-state index contributed by atoms with van der Waals surface area (Å²) in [6.45, 7) is 0. The largest absolute Gasteiger partial charge is 1.00 e. The molecule has 1 aromatic heterocycles. The van der Waals surface area contributed by atoms with Gasteiger partial charge in [-0.2, -0.15) is 0 Å². The van der Waals surface area contributed by atoms with Gasteiger partial charge >= 0.3 is 51.4 Å². The number of nitrogens with zero attached hydrogens (tertiary/aromatic N) is 1. The van der Waals surface area contributed by atoms with Crippen molar-refractivity contribution in [3.05, 3.63) is 102 Å². The Morgan fingerprint density at radius 3 is 1.57 bits per heavy atom. The van der Waals surface area contributed by atoms with Crippen LogP contribution in [-0.4, -0.2) is 4.98 Å². The van der Waals surface area contributed by atoms with E-state index in [0.29, 0.717) is 16.8 Å². The van der Waals surface area contributed by atoms with Gasteiger partial charge in [0.1, 0.15) is 0 Å². The molecule has 2 aromatic carbocycles. The van der Waals surface area contributed by atoms with E-state index in [2.05, 4.69) is 4.98 Å². The van der Waals surface area contributed by atoms with Gasteiger partial charge in [-0.1, -0.05) is 66.7 Å². The number of hydrogen-bond acceptors (Lipinski definition) is 2. The van der Waals surface area contributed by atoms with Gasteiger partial charge in [-0.05, 0) is 28.9 Å². The fourth-order valence-corrected chi connectivity index (χ4v) is 2.38. The maximum absolute atomic E-state index is 13.6. The Morgan fingerprint density at radius 1 is 0.667 bits per heavy atom. The Morgan fingerprint density at radius 2 is 1.14 bits per heavy atom. The van der Waals surface area contributed by atoms with E-state index in [1.54, 1.807) is 12.3 Å². The van der Waals surface area contributed by atoms with Crippen LogP contribution in [-0.2, 0) is 5.60 Å². The quantitative estimate of drug-likeness (QED) is 0.625. The second-order valence-electron chi connectivity index (χ2n) is 4.63. The molecule has 2 nitrogen and oxygen atoms in total. The second-order valence-corrected chi connectivity index (χ2v) is 4.63. The predicted octanol–water partition coefficient (Wildman–Crippen LogP) is -0.262. The minimum Gasteiger partial charge on any atom is -0.838 e. The number of benzene rings is 2. The van der Waals surface area contributed by atoms with Gasteiger partial charge in [-0.3, -0.25) is 4.98 Å². The van der Waals surface area contributed by atoms with E-state index in [9.17, 15) is 5.11 Å².